The molecule has 0 amide bonds. The zero-order valence-electron chi connectivity index (χ0n) is 9.98. The van der Waals surface area contributed by atoms with Crippen LogP contribution >= 0.6 is 0 Å². The number of carbonyl (C=O) groups excluding carboxylic acids is 1. The summed E-state index contributed by atoms with van der Waals surface area (Å²) in [7, 11) is 1.52. The van der Waals surface area contributed by atoms with Gasteiger partial charge in [-0.15, -0.1) is 0 Å². The molecule has 0 bridgehead atoms. The lowest BCUT2D eigenvalue weighted by atomic mass is 10.1. The second kappa shape index (κ2) is 4.21. The predicted molar refractivity (Wildman–Crippen MR) is 64.0 cm³/mol. The van der Waals surface area contributed by atoms with Crippen LogP contribution in [0.4, 0.5) is 4.39 Å². The molecule has 1 atom stereocenters. The van der Waals surface area contributed by atoms with Gasteiger partial charge in [0.25, 0.3) is 0 Å². The van der Waals surface area contributed by atoms with Crippen molar-refractivity contribution in [3.05, 3.63) is 35.8 Å². The Morgan fingerprint density at radius 1 is 1.50 bits per heavy atom. The van der Waals surface area contributed by atoms with Crippen LogP contribution in [0.5, 0.6) is 0 Å². The van der Waals surface area contributed by atoms with E-state index in [1.165, 1.54) is 13.2 Å². The number of para-hydroxylation sites is 1. The van der Waals surface area contributed by atoms with Crippen LogP contribution < -0.4 is 0 Å². The van der Waals surface area contributed by atoms with E-state index >= 15 is 0 Å². The number of hydrogen-bond acceptors (Lipinski definition) is 3. The largest absolute Gasteiger partial charge is 0.450 e. The molecule has 0 spiro atoms. The van der Waals surface area contributed by atoms with Crippen molar-refractivity contribution < 1.29 is 18.3 Å². The molecule has 18 heavy (non-hydrogen) atoms. The van der Waals surface area contributed by atoms with Crippen LogP contribution in [0.3, 0.4) is 0 Å². The molecule has 1 unspecified atom stereocenters. The lowest BCUT2D eigenvalue weighted by molar-refractivity contribution is 0.0514. The number of halogens is 1. The molecule has 94 valence electrons. The molecular formula is C14H13FO3. The summed E-state index contributed by atoms with van der Waals surface area (Å²) in [5, 5.41) is 0.601. The third-order valence-electron chi connectivity index (χ3n) is 3.30. The quantitative estimate of drug-likeness (QED) is 0.780. The fraction of sp³-hybridized carbons (Fsp3) is 0.357. The maximum Gasteiger partial charge on any atom is 0.226 e. The summed E-state index contributed by atoms with van der Waals surface area (Å²) in [6.07, 6.45) is 1.53. The first-order valence-electron chi connectivity index (χ1n) is 5.96. The molecule has 1 aliphatic rings. The number of ether oxygens (including phenoxy) is 1. The molecule has 0 N–H and O–H groups in total. The predicted octanol–water partition coefficient (Wildman–Crippen LogP) is 3.18. The maximum atomic E-state index is 13.5. The van der Waals surface area contributed by atoms with Crippen molar-refractivity contribution in [2.75, 3.05) is 7.11 Å². The molecule has 4 heteroatoms. The average Bonchev–Trinajstić information content (AvgIpc) is 3.08. The molecule has 3 rings (SSSR count). The van der Waals surface area contributed by atoms with Crippen molar-refractivity contribution in [3.8, 4) is 0 Å². The second-order valence-electron chi connectivity index (χ2n) is 4.63. The van der Waals surface area contributed by atoms with E-state index in [0.717, 1.165) is 12.8 Å². The van der Waals surface area contributed by atoms with Gasteiger partial charge >= 0.3 is 0 Å². The van der Waals surface area contributed by atoms with Crippen LogP contribution in [0.15, 0.2) is 28.7 Å². The number of furan rings is 1. The number of benzene rings is 1. The van der Waals surface area contributed by atoms with E-state index in [4.69, 9.17) is 9.15 Å². The monoisotopic (exact) mass is 248 g/mol. The summed E-state index contributed by atoms with van der Waals surface area (Å²) in [6, 6.07) is 6.21. The SMILES string of the molecule is COC(C(=O)c1cc2cccc(F)c2o1)C1CC1. The van der Waals surface area contributed by atoms with E-state index in [0.29, 0.717) is 5.39 Å². The minimum atomic E-state index is -0.464. The Morgan fingerprint density at radius 3 is 2.89 bits per heavy atom. The van der Waals surface area contributed by atoms with Gasteiger partial charge in [-0.1, -0.05) is 12.1 Å². The first-order valence-corrected chi connectivity index (χ1v) is 5.96. The molecule has 1 fully saturated rings. The Balaban J connectivity index is 1.98. The van der Waals surface area contributed by atoms with Crippen molar-refractivity contribution in [1.82, 2.24) is 0 Å². The number of methoxy groups -OCH3 is 1. The summed E-state index contributed by atoms with van der Waals surface area (Å²) in [5.41, 5.74) is 0.131. The third kappa shape index (κ3) is 1.82. The van der Waals surface area contributed by atoms with Gasteiger partial charge in [0.05, 0.1) is 0 Å². The van der Waals surface area contributed by atoms with Crippen molar-refractivity contribution >= 4 is 16.8 Å². The minimum Gasteiger partial charge on any atom is -0.450 e. The summed E-state index contributed by atoms with van der Waals surface area (Å²) in [6.45, 7) is 0. The molecule has 1 aromatic heterocycles. The normalized spacial score (nSPS) is 17.0. The van der Waals surface area contributed by atoms with Gasteiger partial charge in [0.1, 0.15) is 6.10 Å². The van der Waals surface area contributed by atoms with Crippen LogP contribution in [0, 0.1) is 11.7 Å². The van der Waals surface area contributed by atoms with Crippen molar-refractivity contribution in [1.29, 1.82) is 0 Å². The Bertz CT molecular complexity index is 598. The van der Waals surface area contributed by atoms with Crippen molar-refractivity contribution in [2.24, 2.45) is 5.92 Å². The molecule has 0 saturated heterocycles. The Kier molecular flexibility index (Phi) is 2.67. The van der Waals surface area contributed by atoms with Gasteiger partial charge in [-0.3, -0.25) is 4.79 Å². The molecule has 1 aromatic carbocycles. The lowest BCUT2D eigenvalue weighted by Gasteiger charge is -2.10. The Labute approximate surface area is 104 Å². The molecular weight excluding hydrogens is 235 g/mol. The highest BCUT2D eigenvalue weighted by Gasteiger charge is 2.38. The minimum absolute atomic E-state index is 0.131. The number of fused-ring (bicyclic) bond motifs is 1. The zero-order chi connectivity index (χ0) is 12.7. The van der Waals surface area contributed by atoms with Crippen molar-refractivity contribution in [2.45, 2.75) is 18.9 Å². The lowest BCUT2D eigenvalue weighted by Crippen LogP contribution is -2.24. The van der Waals surface area contributed by atoms with Gasteiger partial charge in [-0.2, -0.15) is 0 Å². The van der Waals surface area contributed by atoms with Crippen LogP contribution in [-0.2, 0) is 4.74 Å². The third-order valence-corrected chi connectivity index (χ3v) is 3.30. The van der Waals surface area contributed by atoms with Crippen LogP contribution in [0.25, 0.3) is 11.0 Å². The molecule has 1 saturated carbocycles. The number of rotatable bonds is 4. The summed E-state index contributed by atoms with van der Waals surface area (Å²) in [4.78, 5) is 12.2. The molecule has 0 aliphatic heterocycles. The number of ketones is 1. The maximum absolute atomic E-state index is 13.5. The van der Waals surface area contributed by atoms with E-state index < -0.39 is 11.9 Å². The van der Waals surface area contributed by atoms with E-state index in [-0.39, 0.29) is 23.0 Å². The van der Waals surface area contributed by atoms with Crippen LogP contribution in [-0.4, -0.2) is 19.0 Å². The van der Waals surface area contributed by atoms with Gasteiger partial charge in [0.2, 0.25) is 5.78 Å². The molecule has 2 aromatic rings. The van der Waals surface area contributed by atoms with Gasteiger partial charge in [0.15, 0.2) is 17.2 Å². The highest BCUT2D eigenvalue weighted by molar-refractivity contribution is 6.00. The number of hydrogen-bond donors (Lipinski definition) is 0. The van der Waals surface area contributed by atoms with E-state index in [2.05, 4.69) is 0 Å². The van der Waals surface area contributed by atoms with Crippen LogP contribution in [0.2, 0.25) is 0 Å². The van der Waals surface area contributed by atoms with Gasteiger partial charge < -0.3 is 9.15 Å². The smallest absolute Gasteiger partial charge is 0.226 e. The first kappa shape index (κ1) is 11.4. The van der Waals surface area contributed by atoms with Crippen LogP contribution in [0.1, 0.15) is 23.4 Å². The molecule has 1 heterocycles. The summed E-state index contributed by atoms with van der Waals surface area (Å²) >= 11 is 0. The van der Waals surface area contributed by atoms with Gasteiger partial charge in [-0.05, 0) is 30.9 Å². The molecule has 0 radical (unpaired) electrons. The number of Topliss-reactive ketones (excluding diaryl/α,β-unsaturated/α-hetero) is 1. The topological polar surface area (TPSA) is 39.4 Å². The van der Waals surface area contributed by atoms with E-state index in [9.17, 15) is 9.18 Å². The van der Waals surface area contributed by atoms with E-state index in [1.807, 2.05) is 0 Å². The summed E-state index contributed by atoms with van der Waals surface area (Å²) < 4.78 is 24.0. The van der Waals surface area contributed by atoms with E-state index in [1.54, 1.807) is 18.2 Å². The molecule has 1 aliphatic carbocycles. The summed E-state index contributed by atoms with van der Waals surface area (Å²) in [5.74, 6) is -0.197. The zero-order valence-corrected chi connectivity index (χ0v) is 9.98. The average molecular weight is 248 g/mol. The molecule has 3 nitrogen and oxygen atoms in total. The first-order chi connectivity index (χ1) is 8.70. The number of carbonyl (C=O) groups is 1. The van der Waals surface area contributed by atoms with Gasteiger partial charge in [-0.25, -0.2) is 4.39 Å². The highest BCUT2D eigenvalue weighted by Crippen LogP contribution is 2.36. The Hall–Kier alpha value is -1.68. The van der Waals surface area contributed by atoms with Gasteiger partial charge in [0, 0.05) is 12.5 Å². The highest BCUT2D eigenvalue weighted by atomic mass is 19.1. The Morgan fingerprint density at radius 2 is 2.28 bits per heavy atom. The standard InChI is InChI=1S/C14H13FO3/c1-17-14(8-5-6-8)12(16)11-7-9-3-2-4-10(15)13(9)18-11/h2-4,7-8,14H,5-6H2,1H3. The fourth-order valence-corrected chi connectivity index (χ4v) is 2.20. The fourth-order valence-electron chi connectivity index (χ4n) is 2.20. The van der Waals surface area contributed by atoms with Crippen molar-refractivity contribution in [3.63, 3.8) is 0 Å². The second-order valence-corrected chi connectivity index (χ2v) is 4.63.